The number of carbonyl (C=O) groups excluding carboxylic acids is 2. The van der Waals surface area contributed by atoms with Crippen LogP contribution in [0.15, 0.2) is 72.9 Å². The highest BCUT2D eigenvalue weighted by molar-refractivity contribution is 5.70. The lowest BCUT2D eigenvalue weighted by Gasteiger charge is -2.18. The first-order valence-electron chi connectivity index (χ1n) is 26.5. The number of carbonyl (C=O) groups is 2. The van der Waals surface area contributed by atoms with E-state index in [4.69, 9.17) is 14.2 Å². The van der Waals surface area contributed by atoms with Gasteiger partial charge in [0.05, 0.1) is 6.61 Å². The van der Waals surface area contributed by atoms with Crippen LogP contribution in [-0.2, 0) is 23.8 Å². The summed E-state index contributed by atoms with van der Waals surface area (Å²) in [6.07, 6.45) is 67.7. The fourth-order valence-electron chi connectivity index (χ4n) is 7.31. The van der Waals surface area contributed by atoms with Gasteiger partial charge in [0.25, 0.3) is 0 Å². The van der Waals surface area contributed by atoms with E-state index in [0.29, 0.717) is 19.4 Å². The zero-order chi connectivity index (χ0) is 44.9. The van der Waals surface area contributed by atoms with Crippen molar-refractivity contribution in [2.24, 2.45) is 0 Å². The Morgan fingerprint density at radius 2 is 0.742 bits per heavy atom. The Morgan fingerprint density at radius 1 is 0.371 bits per heavy atom. The molecule has 0 bridgehead atoms. The molecule has 0 N–H and O–H groups in total. The summed E-state index contributed by atoms with van der Waals surface area (Å²) >= 11 is 0. The first kappa shape index (κ1) is 59.3. The fourth-order valence-corrected chi connectivity index (χ4v) is 7.31. The zero-order valence-corrected chi connectivity index (χ0v) is 41.1. The maximum absolute atomic E-state index is 12.8. The van der Waals surface area contributed by atoms with Gasteiger partial charge in [-0.05, 0) is 83.5 Å². The molecule has 0 fully saturated rings. The third kappa shape index (κ3) is 50.0. The maximum Gasteiger partial charge on any atom is 0.306 e. The predicted octanol–water partition coefficient (Wildman–Crippen LogP) is 17.9. The average molecular weight is 865 g/mol. The summed E-state index contributed by atoms with van der Waals surface area (Å²) in [7, 11) is 0. The summed E-state index contributed by atoms with van der Waals surface area (Å²) in [5.74, 6) is -0.469. The summed E-state index contributed by atoms with van der Waals surface area (Å²) in [6, 6.07) is 0. The number of ether oxygens (including phenoxy) is 3. The second-order valence-corrected chi connectivity index (χ2v) is 17.4. The monoisotopic (exact) mass is 865 g/mol. The Kier molecular flexibility index (Phi) is 50.4. The van der Waals surface area contributed by atoms with Gasteiger partial charge in [-0.25, -0.2) is 0 Å². The van der Waals surface area contributed by atoms with E-state index in [1.165, 1.54) is 135 Å². The smallest absolute Gasteiger partial charge is 0.306 e. The van der Waals surface area contributed by atoms with Crippen LogP contribution < -0.4 is 0 Å². The van der Waals surface area contributed by atoms with Gasteiger partial charge in [0.2, 0.25) is 0 Å². The van der Waals surface area contributed by atoms with E-state index in [9.17, 15) is 9.59 Å². The lowest BCUT2D eigenvalue weighted by molar-refractivity contribution is -0.163. The van der Waals surface area contributed by atoms with Gasteiger partial charge in [-0.1, -0.05) is 229 Å². The SMILES string of the molecule is CC/C=C\C/C=C\C/C=C\C/C=C\C/C=C\CCCC(=O)OCC(COCCCCCCCCCCCCCCCCCC)OC(=O)CCCCCCC/C=C\CCCCCC. The van der Waals surface area contributed by atoms with Crippen LogP contribution in [-0.4, -0.2) is 37.9 Å². The molecular weight excluding hydrogens is 765 g/mol. The van der Waals surface area contributed by atoms with Gasteiger partial charge in [0, 0.05) is 19.4 Å². The molecule has 1 unspecified atom stereocenters. The molecule has 0 aliphatic rings. The van der Waals surface area contributed by atoms with Crippen LogP contribution in [0, 0.1) is 0 Å². The molecule has 0 aliphatic heterocycles. The number of hydrogen-bond donors (Lipinski definition) is 0. The fraction of sp³-hybridized carbons (Fsp3) is 0.754. The molecule has 0 aliphatic carbocycles. The third-order valence-electron chi connectivity index (χ3n) is 11.2. The summed E-state index contributed by atoms with van der Waals surface area (Å²) in [5.41, 5.74) is 0. The Morgan fingerprint density at radius 3 is 1.24 bits per heavy atom. The molecule has 5 heteroatoms. The van der Waals surface area contributed by atoms with Crippen LogP contribution in [0.25, 0.3) is 0 Å². The molecule has 1 atom stereocenters. The van der Waals surface area contributed by atoms with Gasteiger partial charge in [0.1, 0.15) is 6.61 Å². The quantitative estimate of drug-likeness (QED) is 0.0346. The molecule has 5 nitrogen and oxygen atoms in total. The Bertz CT molecular complexity index is 1110. The van der Waals surface area contributed by atoms with Crippen molar-refractivity contribution in [3.05, 3.63) is 72.9 Å². The largest absolute Gasteiger partial charge is 0.462 e. The van der Waals surface area contributed by atoms with Crippen LogP contribution >= 0.6 is 0 Å². The number of rotatable bonds is 48. The van der Waals surface area contributed by atoms with E-state index in [-0.39, 0.29) is 25.2 Å². The number of unbranched alkanes of at least 4 members (excludes halogenated alkanes) is 25. The molecule has 0 amide bonds. The molecule has 0 radical (unpaired) electrons. The zero-order valence-electron chi connectivity index (χ0n) is 41.1. The number of allylic oxidation sites excluding steroid dienone is 12. The summed E-state index contributed by atoms with van der Waals surface area (Å²) in [6.45, 7) is 7.66. The lowest BCUT2D eigenvalue weighted by atomic mass is 10.0. The minimum atomic E-state index is -0.563. The minimum Gasteiger partial charge on any atom is -0.462 e. The molecule has 0 saturated heterocycles. The molecule has 358 valence electrons. The van der Waals surface area contributed by atoms with Crippen LogP contribution in [0.3, 0.4) is 0 Å². The van der Waals surface area contributed by atoms with Crippen molar-refractivity contribution in [1.82, 2.24) is 0 Å². The molecule has 0 spiro atoms. The molecule has 62 heavy (non-hydrogen) atoms. The summed E-state index contributed by atoms with van der Waals surface area (Å²) in [5, 5.41) is 0. The van der Waals surface area contributed by atoms with Gasteiger partial charge >= 0.3 is 11.9 Å². The van der Waals surface area contributed by atoms with E-state index in [1.807, 2.05) is 0 Å². The number of esters is 2. The van der Waals surface area contributed by atoms with E-state index in [2.05, 4.69) is 93.7 Å². The van der Waals surface area contributed by atoms with Crippen molar-refractivity contribution in [3.8, 4) is 0 Å². The van der Waals surface area contributed by atoms with E-state index < -0.39 is 6.10 Å². The highest BCUT2D eigenvalue weighted by Gasteiger charge is 2.17. The van der Waals surface area contributed by atoms with Gasteiger partial charge < -0.3 is 14.2 Å². The van der Waals surface area contributed by atoms with E-state index >= 15 is 0 Å². The van der Waals surface area contributed by atoms with Gasteiger partial charge in [-0.15, -0.1) is 0 Å². The second kappa shape index (κ2) is 52.7. The van der Waals surface area contributed by atoms with Gasteiger partial charge in [0.15, 0.2) is 6.10 Å². The first-order chi connectivity index (χ1) is 30.6. The van der Waals surface area contributed by atoms with Crippen molar-refractivity contribution < 1.29 is 23.8 Å². The van der Waals surface area contributed by atoms with E-state index in [0.717, 1.165) is 83.5 Å². The second-order valence-electron chi connectivity index (χ2n) is 17.4. The summed E-state index contributed by atoms with van der Waals surface area (Å²) < 4.78 is 17.4. The molecule has 0 rings (SSSR count). The minimum absolute atomic E-state index is 0.0529. The van der Waals surface area contributed by atoms with Crippen LogP contribution in [0.4, 0.5) is 0 Å². The van der Waals surface area contributed by atoms with Crippen molar-refractivity contribution in [1.29, 1.82) is 0 Å². The molecular formula is C57H100O5. The Hall–Kier alpha value is -2.66. The average Bonchev–Trinajstić information content (AvgIpc) is 3.27. The first-order valence-corrected chi connectivity index (χ1v) is 26.5. The highest BCUT2D eigenvalue weighted by atomic mass is 16.6. The van der Waals surface area contributed by atoms with Crippen molar-refractivity contribution in [2.75, 3.05) is 19.8 Å². The van der Waals surface area contributed by atoms with Crippen molar-refractivity contribution in [2.45, 2.75) is 258 Å². The normalized spacial score (nSPS) is 12.8. The highest BCUT2D eigenvalue weighted by Crippen LogP contribution is 2.15. The van der Waals surface area contributed by atoms with Crippen molar-refractivity contribution in [3.63, 3.8) is 0 Å². The van der Waals surface area contributed by atoms with Gasteiger partial charge in [-0.2, -0.15) is 0 Å². The summed E-state index contributed by atoms with van der Waals surface area (Å²) in [4.78, 5) is 25.4. The van der Waals surface area contributed by atoms with Gasteiger partial charge in [-0.3, -0.25) is 9.59 Å². The van der Waals surface area contributed by atoms with Crippen LogP contribution in [0.1, 0.15) is 252 Å². The molecule has 0 aromatic carbocycles. The number of hydrogen-bond acceptors (Lipinski definition) is 5. The van der Waals surface area contributed by atoms with E-state index in [1.54, 1.807) is 0 Å². The molecule has 0 aromatic rings. The Labute approximate surface area is 385 Å². The third-order valence-corrected chi connectivity index (χ3v) is 11.2. The van der Waals surface area contributed by atoms with Crippen molar-refractivity contribution >= 4 is 11.9 Å². The predicted molar refractivity (Wildman–Crippen MR) is 270 cm³/mol. The standard InChI is InChI=1S/C57H100O5/c1-4-7-10-13-16-19-22-25-27-29-30-33-35-38-41-44-47-50-56(58)61-54-55(62-57(59)51-48-45-42-39-36-32-24-21-18-15-12-9-6-3)53-60-52-49-46-43-40-37-34-31-28-26-23-20-17-14-11-8-5-2/h7,10,16,19,21,24-25,27,30,33,38,41,55H,4-6,8-9,11-15,17-18,20,22-23,26,28-29,31-32,34-37,39-40,42-54H2,1-3H3/b10-7-,19-16-,24-21-,27-25-,33-30-,41-38-. The maximum atomic E-state index is 12.8. The molecule has 0 saturated carbocycles. The topological polar surface area (TPSA) is 61.8 Å². The molecule has 0 heterocycles. The molecule has 0 aromatic heterocycles. The van der Waals surface area contributed by atoms with Crippen LogP contribution in [0.5, 0.6) is 0 Å². The lowest BCUT2D eigenvalue weighted by Crippen LogP contribution is -2.30. The Balaban J connectivity index is 4.35. The van der Waals surface area contributed by atoms with Crippen LogP contribution in [0.2, 0.25) is 0 Å².